The first-order chi connectivity index (χ1) is 8.04. The molecule has 3 nitrogen and oxygen atoms in total. The fraction of sp³-hybridized carbons (Fsp3) is 0.500. The number of hydrogen-bond acceptors (Lipinski definition) is 3. The van der Waals surface area contributed by atoms with Crippen molar-refractivity contribution in [2.75, 3.05) is 0 Å². The van der Waals surface area contributed by atoms with Gasteiger partial charge in [-0.3, -0.25) is 4.57 Å². The van der Waals surface area contributed by atoms with Crippen LogP contribution in [0.15, 0.2) is 30.3 Å². The topological polar surface area (TPSA) is 35.5 Å². The van der Waals surface area contributed by atoms with Gasteiger partial charge >= 0.3 is 7.14 Å². The molecule has 1 atom stereocenters. The van der Waals surface area contributed by atoms with Gasteiger partial charge in [-0.25, -0.2) is 0 Å². The highest BCUT2D eigenvalue weighted by Crippen LogP contribution is 2.58. The Balaban J connectivity index is 3.04. The summed E-state index contributed by atoms with van der Waals surface area (Å²) in [6.45, 7) is 12.2. The molecule has 0 aliphatic rings. The van der Waals surface area contributed by atoms with Crippen molar-refractivity contribution in [3.8, 4) is 5.75 Å². The molecule has 0 saturated heterocycles. The summed E-state index contributed by atoms with van der Waals surface area (Å²) in [5.41, 5.74) is 0. The van der Waals surface area contributed by atoms with Crippen LogP contribution in [0, 0.1) is 0 Å². The zero-order valence-corrected chi connectivity index (χ0v) is 15.0. The Kier molecular flexibility index (Phi) is 4.65. The molecule has 1 aromatic rings. The van der Waals surface area contributed by atoms with E-state index >= 15 is 0 Å². The van der Waals surface area contributed by atoms with E-state index in [1.54, 1.807) is 0 Å². The van der Waals surface area contributed by atoms with E-state index in [2.05, 4.69) is 0 Å². The van der Waals surface area contributed by atoms with Crippen molar-refractivity contribution in [3.63, 3.8) is 0 Å². The van der Waals surface area contributed by atoms with Crippen LogP contribution in [0.25, 0.3) is 0 Å². The van der Waals surface area contributed by atoms with Crippen LogP contribution in [0.3, 0.4) is 0 Å². The average molecular weight is 302 g/mol. The zero-order valence-electron chi connectivity index (χ0n) is 12.1. The van der Waals surface area contributed by atoms with Gasteiger partial charge < -0.3 is 8.74 Å². The molecule has 0 saturated carbocycles. The highest BCUT2D eigenvalue weighted by Gasteiger charge is 2.46. The number of benzene rings is 1. The van der Waals surface area contributed by atoms with Crippen molar-refractivity contribution in [1.29, 1.82) is 0 Å². The first-order valence-corrected chi connectivity index (χ1v) is 15.4. The van der Waals surface area contributed by atoms with Gasteiger partial charge in [-0.15, -0.1) is 0 Å². The van der Waals surface area contributed by atoms with Crippen LogP contribution >= 0.6 is 7.14 Å². The quantitative estimate of drug-likeness (QED) is 0.570. The van der Waals surface area contributed by atoms with Gasteiger partial charge in [-0.1, -0.05) is 37.8 Å². The molecule has 0 heterocycles. The van der Waals surface area contributed by atoms with Gasteiger partial charge in [-0.2, -0.15) is 0 Å². The molecule has 18 heavy (non-hydrogen) atoms. The summed E-state index contributed by atoms with van der Waals surface area (Å²) < 4.78 is 24.8. The fourth-order valence-corrected chi connectivity index (χ4v) is 12.1. The van der Waals surface area contributed by atoms with E-state index in [0.717, 1.165) is 0 Å². The summed E-state index contributed by atoms with van der Waals surface area (Å²) in [6, 6.07) is 9.29. The van der Waals surface area contributed by atoms with Crippen LogP contribution in [-0.4, -0.2) is 16.1 Å². The minimum Gasteiger partial charge on any atom is -0.429 e. The second kappa shape index (κ2) is 5.33. The predicted molar refractivity (Wildman–Crippen MR) is 82.5 cm³/mol. The molecule has 0 radical (unpaired) electrons. The molecule has 0 bridgehead atoms. The minimum absolute atomic E-state index is 0.626. The zero-order chi connectivity index (χ0) is 14.0. The molecular weight excluding hydrogens is 279 g/mol. The normalized spacial score (nSPS) is 16.1. The van der Waals surface area contributed by atoms with Crippen LogP contribution < -0.4 is 4.52 Å². The van der Waals surface area contributed by atoms with Crippen LogP contribution in [-0.2, 0) is 8.78 Å². The van der Waals surface area contributed by atoms with Crippen molar-refractivity contribution in [1.82, 2.24) is 0 Å². The molecule has 0 aliphatic heterocycles. The lowest BCUT2D eigenvalue weighted by Crippen LogP contribution is -2.34. The van der Waals surface area contributed by atoms with Gasteiger partial charge in [0, 0.05) is 0 Å². The monoisotopic (exact) mass is 302 g/mol. The van der Waals surface area contributed by atoms with E-state index in [1.165, 1.54) is 0 Å². The molecule has 0 fully saturated rings. The molecule has 6 heteroatoms. The second-order valence-corrected chi connectivity index (χ2v) is 22.4. The standard InChI is InChI=1S/C12H23O3PSi2/c1-17(2,3)15-16(13,18(4,5)6)14-12-10-8-7-9-11-12/h7-11H,1-6H3. The molecule has 102 valence electrons. The van der Waals surface area contributed by atoms with Gasteiger partial charge in [0.1, 0.15) is 5.75 Å². The highest BCUT2D eigenvalue weighted by molar-refractivity contribution is 7.93. The van der Waals surface area contributed by atoms with Gasteiger partial charge in [0.15, 0.2) is 16.1 Å². The molecule has 1 aromatic carbocycles. The maximum Gasteiger partial charge on any atom is 0.332 e. The predicted octanol–water partition coefficient (Wildman–Crippen LogP) is 4.94. The van der Waals surface area contributed by atoms with Crippen LogP contribution in [0.1, 0.15) is 0 Å². The smallest absolute Gasteiger partial charge is 0.332 e. The van der Waals surface area contributed by atoms with Crippen LogP contribution in [0.5, 0.6) is 5.75 Å². The lowest BCUT2D eigenvalue weighted by molar-refractivity contribution is 0.401. The van der Waals surface area contributed by atoms with Gasteiger partial charge in [0.2, 0.25) is 0 Å². The molecule has 0 N–H and O–H groups in total. The second-order valence-electron chi connectivity index (χ2n) is 6.28. The summed E-state index contributed by atoms with van der Waals surface area (Å²) in [4.78, 5) is 0. The number of para-hydroxylation sites is 1. The van der Waals surface area contributed by atoms with E-state index in [9.17, 15) is 4.57 Å². The van der Waals surface area contributed by atoms with Crippen molar-refractivity contribution in [3.05, 3.63) is 30.3 Å². The molecule has 0 aliphatic carbocycles. The first-order valence-electron chi connectivity index (χ1n) is 6.09. The lowest BCUT2D eigenvalue weighted by atomic mass is 10.3. The Labute approximate surface area is 112 Å². The summed E-state index contributed by atoms with van der Waals surface area (Å²) >= 11 is 0. The SMILES string of the molecule is C[Si](C)(C)OP(=O)(Oc1ccccc1)[Si](C)(C)C. The maximum absolute atomic E-state index is 13.1. The molecule has 0 spiro atoms. The maximum atomic E-state index is 13.1. The van der Waals surface area contributed by atoms with E-state index in [4.69, 9.17) is 8.74 Å². The summed E-state index contributed by atoms with van der Waals surface area (Å²) in [6.07, 6.45) is 0. The van der Waals surface area contributed by atoms with Crippen LogP contribution in [0.2, 0.25) is 39.3 Å². The Hall–Kier alpha value is -0.356. The Bertz CT molecular complexity index is 435. The molecule has 1 rings (SSSR count). The van der Waals surface area contributed by atoms with E-state index in [1.807, 2.05) is 69.6 Å². The van der Waals surface area contributed by atoms with E-state index in [0.29, 0.717) is 5.75 Å². The Morgan fingerprint density at radius 1 is 0.944 bits per heavy atom. The summed E-state index contributed by atoms with van der Waals surface area (Å²) in [5.74, 6) is 0.626. The van der Waals surface area contributed by atoms with Gasteiger partial charge in [0.05, 0.1) is 0 Å². The van der Waals surface area contributed by atoms with Crippen LogP contribution in [0.4, 0.5) is 0 Å². The fourth-order valence-electron chi connectivity index (χ4n) is 1.27. The molecule has 0 aromatic heterocycles. The minimum atomic E-state index is -3.05. The third-order valence-corrected chi connectivity index (χ3v) is 13.5. The highest BCUT2D eigenvalue weighted by atomic mass is 31.4. The van der Waals surface area contributed by atoms with Crippen molar-refractivity contribution in [2.45, 2.75) is 39.3 Å². The van der Waals surface area contributed by atoms with Gasteiger partial charge in [-0.05, 0) is 31.8 Å². The molecule has 0 amide bonds. The third kappa shape index (κ3) is 4.39. The number of hydrogen-bond donors (Lipinski definition) is 0. The molecule has 1 unspecified atom stereocenters. The van der Waals surface area contributed by atoms with Crippen molar-refractivity contribution in [2.24, 2.45) is 0 Å². The molecular formula is C12H23O3PSi2. The summed E-state index contributed by atoms with van der Waals surface area (Å²) in [7, 11) is -7.01. The van der Waals surface area contributed by atoms with Crippen molar-refractivity contribution >= 4 is 23.2 Å². The first kappa shape index (κ1) is 15.7. The summed E-state index contributed by atoms with van der Waals surface area (Å²) in [5, 5.41) is 0. The van der Waals surface area contributed by atoms with E-state index < -0.39 is 23.2 Å². The Morgan fingerprint density at radius 2 is 1.44 bits per heavy atom. The third-order valence-electron chi connectivity index (χ3n) is 2.18. The Morgan fingerprint density at radius 3 is 1.83 bits per heavy atom. The van der Waals surface area contributed by atoms with E-state index in [-0.39, 0.29) is 0 Å². The lowest BCUT2D eigenvalue weighted by Gasteiger charge is -2.33. The largest absolute Gasteiger partial charge is 0.429 e. The average Bonchev–Trinajstić information content (AvgIpc) is 2.14. The number of rotatable bonds is 5. The van der Waals surface area contributed by atoms with Crippen molar-refractivity contribution < 1.29 is 13.3 Å². The van der Waals surface area contributed by atoms with Gasteiger partial charge in [0.25, 0.3) is 0 Å².